The van der Waals surface area contributed by atoms with E-state index in [1.54, 1.807) is 0 Å². The van der Waals surface area contributed by atoms with E-state index >= 15 is 0 Å². The molecule has 1 aliphatic rings. The topological polar surface area (TPSA) is 38.7 Å². The Morgan fingerprint density at radius 1 is 1.00 bits per heavy atom. The Morgan fingerprint density at radius 3 is 2.53 bits per heavy atom. The molecule has 1 saturated heterocycles. The van der Waals surface area contributed by atoms with Gasteiger partial charge in [-0.2, -0.15) is 0 Å². The van der Waals surface area contributed by atoms with E-state index in [0.717, 1.165) is 45.3 Å². The van der Waals surface area contributed by atoms with Crippen molar-refractivity contribution < 1.29 is 14.6 Å². The predicted octanol–water partition coefficient (Wildman–Crippen LogP) is 3.81. The standard InChI is InChI=1S/C16H30O3/c17-13-9-6-4-2-1-3-5-7-10-14-18-16-12-8-11-15-19-16/h2,4,16-17H,1,3,5-15H2. The van der Waals surface area contributed by atoms with Crippen molar-refractivity contribution in [3.63, 3.8) is 0 Å². The second kappa shape index (κ2) is 12.6. The van der Waals surface area contributed by atoms with Crippen molar-refractivity contribution in [3.8, 4) is 0 Å². The maximum atomic E-state index is 8.63. The van der Waals surface area contributed by atoms with Gasteiger partial charge in [-0.05, 0) is 51.4 Å². The van der Waals surface area contributed by atoms with Gasteiger partial charge in [0, 0.05) is 19.8 Å². The first-order valence-electron chi connectivity index (χ1n) is 7.92. The number of aliphatic hydroxyl groups is 1. The van der Waals surface area contributed by atoms with Crippen LogP contribution in [0.15, 0.2) is 12.2 Å². The molecule has 0 radical (unpaired) electrons. The van der Waals surface area contributed by atoms with Crippen LogP contribution < -0.4 is 0 Å². The molecule has 1 unspecified atom stereocenters. The minimum Gasteiger partial charge on any atom is -0.396 e. The van der Waals surface area contributed by atoms with Crippen molar-refractivity contribution in [2.45, 2.75) is 70.5 Å². The highest BCUT2D eigenvalue weighted by Gasteiger charge is 2.12. The summed E-state index contributed by atoms with van der Waals surface area (Å²) < 4.78 is 11.2. The molecule has 0 aromatic carbocycles. The van der Waals surface area contributed by atoms with Crippen LogP contribution in [0.4, 0.5) is 0 Å². The van der Waals surface area contributed by atoms with Gasteiger partial charge in [-0.25, -0.2) is 0 Å². The average molecular weight is 270 g/mol. The maximum Gasteiger partial charge on any atom is 0.157 e. The van der Waals surface area contributed by atoms with Crippen LogP contribution in [-0.4, -0.2) is 31.2 Å². The lowest BCUT2D eigenvalue weighted by Gasteiger charge is -2.22. The molecule has 0 saturated carbocycles. The van der Waals surface area contributed by atoms with E-state index in [1.165, 1.54) is 32.1 Å². The van der Waals surface area contributed by atoms with E-state index < -0.39 is 0 Å². The smallest absolute Gasteiger partial charge is 0.157 e. The molecule has 1 fully saturated rings. The van der Waals surface area contributed by atoms with Crippen molar-refractivity contribution >= 4 is 0 Å². The third kappa shape index (κ3) is 10.1. The Labute approximate surface area is 118 Å². The molecule has 0 amide bonds. The first kappa shape index (κ1) is 16.7. The number of rotatable bonds is 11. The van der Waals surface area contributed by atoms with Crippen LogP contribution in [0.25, 0.3) is 0 Å². The Morgan fingerprint density at radius 2 is 1.79 bits per heavy atom. The summed E-state index contributed by atoms with van der Waals surface area (Å²) in [5, 5.41) is 8.63. The fraction of sp³-hybridized carbons (Fsp3) is 0.875. The van der Waals surface area contributed by atoms with Crippen molar-refractivity contribution in [2.24, 2.45) is 0 Å². The number of ether oxygens (including phenoxy) is 2. The molecule has 19 heavy (non-hydrogen) atoms. The minimum absolute atomic E-state index is 0.0724. The third-order valence-corrected chi connectivity index (χ3v) is 3.40. The molecule has 112 valence electrons. The molecule has 1 heterocycles. The lowest BCUT2D eigenvalue weighted by Crippen LogP contribution is -2.22. The van der Waals surface area contributed by atoms with Gasteiger partial charge in [0.2, 0.25) is 0 Å². The fourth-order valence-corrected chi connectivity index (χ4v) is 2.22. The van der Waals surface area contributed by atoms with Crippen LogP contribution in [0, 0.1) is 0 Å². The molecular weight excluding hydrogens is 240 g/mol. The van der Waals surface area contributed by atoms with Crippen LogP contribution in [0.3, 0.4) is 0 Å². The first-order chi connectivity index (χ1) is 9.43. The second-order valence-corrected chi connectivity index (χ2v) is 5.21. The summed E-state index contributed by atoms with van der Waals surface area (Å²) >= 11 is 0. The second-order valence-electron chi connectivity index (χ2n) is 5.21. The zero-order valence-corrected chi connectivity index (χ0v) is 12.2. The summed E-state index contributed by atoms with van der Waals surface area (Å²) in [6.45, 7) is 2.01. The maximum absolute atomic E-state index is 8.63. The van der Waals surface area contributed by atoms with E-state index in [0.29, 0.717) is 6.61 Å². The number of unbranched alkanes of at least 4 members (excludes halogenated alkanes) is 5. The highest BCUT2D eigenvalue weighted by Crippen LogP contribution is 2.14. The van der Waals surface area contributed by atoms with Crippen LogP contribution in [0.1, 0.15) is 64.2 Å². The van der Waals surface area contributed by atoms with Gasteiger partial charge in [0.05, 0.1) is 0 Å². The SMILES string of the molecule is OCCCC=CCCCCCCOC1CCCCO1. The highest BCUT2D eigenvalue weighted by atomic mass is 16.7. The van der Waals surface area contributed by atoms with E-state index in [-0.39, 0.29) is 6.29 Å². The fourth-order valence-electron chi connectivity index (χ4n) is 2.22. The monoisotopic (exact) mass is 270 g/mol. The lowest BCUT2D eigenvalue weighted by atomic mass is 10.1. The summed E-state index contributed by atoms with van der Waals surface area (Å²) in [7, 11) is 0. The van der Waals surface area contributed by atoms with Crippen LogP contribution in [-0.2, 0) is 9.47 Å². The molecule has 1 rings (SSSR count). The zero-order chi connectivity index (χ0) is 13.6. The Kier molecular flexibility index (Phi) is 11.1. The van der Waals surface area contributed by atoms with Gasteiger partial charge in [0.25, 0.3) is 0 Å². The van der Waals surface area contributed by atoms with Crippen molar-refractivity contribution in [1.82, 2.24) is 0 Å². The van der Waals surface area contributed by atoms with Gasteiger partial charge in [-0.15, -0.1) is 0 Å². The molecule has 3 heteroatoms. The van der Waals surface area contributed by atoms with Gasteiger partial charge >= 0.3 is 0 Å². The van der Waals surface area contributed by atoms with Gasteiger partial charge in [0.15, 0.2) is 6.29 Å². The van der Waals surface area contributed by atoms with Gasteiger partial charge in [-0.3, -0.25) is 0 Å². The van der Waals surface area contributed by atoms with Gasteiger partial charge < -0.3 is 14.6 Å². The lowest BCUT2D eigenvalue weighted by molar-refractivity contribution is -0.162. The molecule has 0 aromatic rings. The van der Waals surface area contributed by atoms with Crippen LogP contribution in [0.5, 0.6) is 0 Å². The Balaban J connectivity index is 1.77. The molecule has 1 atom stereocenters. The molecule has 0 spiro atoms. The summed E-state index contributed by atoms with van der Waals surface area (Å²) in [5.41, 5.74) is 0. The van der Waals surface area contributed by atoms with Gasteiger partial charge in [-0.1, -0.05) is 25.0 Å². The Bertz CT molecular complexity index is 210. The molecule has 1 aliphatic heterocycles. The molecule has 0 aromatic heterocycles. The minimum atomic E-state index is 0.0724. The van der Waals surface area contributed by atoms with Gasteiger partial charge in [0.1, 0.15) is 0 Å². The number of aliphatic hydroxyl groups excluding tert-OH is 1. The van der Waals surface area contributed by atoms with E-state index in [4.69, 9.17) is 14.6 Å². The summed E-state index contributed by atoms with van der Waals surface area (Å²) in [6.07, 6.45) is 16.0. The Hall–Kier alpha value is -0.380. The van der Waals surface area contributed by atoms with E-state index in [9.17, 15) is 0 Å². The van der Waals surface area contributed by atoms with Crippen molar-refractivity contribution in [1.29, 1.82) is 0 Å². The largest absolute Gasteiger partial charge is 0.396 e. The van der Waals surface area contributed by atoms with Crippen LogP contribution in [0.2, 0.25) is 0 Å². The molecule has 0 aliphatic carbocycles. The quantitative estimate of drug-likeness (QED) is 0.458. The van der Waals surface area contributed by atoms with E-state index in [1.807, 2.05) is 0 Å². The number of allylic oxidation sites excluding steroid dienone is 2. The average Bonchev–Trinajstić information content (AvgIpc) is 2.46. The first-order valence-corrected chi connectivity index (χ1v) is 7.92. The summed E-state index contributed by atoms with van der Waals surface area (Å²) in [6, 6.07) is 0. The third-order valence-electron chi connectivity index (χ3n) is 3.40. The highest BCUT2D eigenvalue weighted by molar-refractivity contribution is 4.81. The molecule has 0 bridgehead atoms. The number of hydrogen-bond donors (Lipinski definition) is 1. The van der Waals surface area contributed by atoms with Crippen molar-refractivity contribution in [2.75, 3.05) is 19.8 Å². The molecular formula is C16H30O3. The van der Waals surface area contributed by atoms with Crippen LogP contribution >= 0.6 is 0 Å². The molecule has 1 N–H and O–H groups in total. The normalized spacial score (nSPS) is 20.2. The number of hydrogen-bond acceptors (Lipinski definition) is 3. The zero-order valence-electron chi connectivity index (χ0n) is 12.2. The summed E-state index contributed by atoms with van der Waals surface area (Å²) in [4.78, 5) is 0. The summed E-state index contributed by atoms with van der Waals surface area (Å²) in [5.74, 6) is 0. The molecule has 3 nitrogen and oxygen atoms in total. The van der Waals surface area contributed by atoms with E-state index in [2.05, 4.69) is 12.2 Å². The van der Waals surface area contributed by atoms with Crippen molar-refractivity contribution in [3.05, 3.63) is 12.2 Å². The predicted molar refractivity (Wildman–Crippen MR) is 78.1 cm³/mol.